The van der Waals surface area contributed by atoms with Gasteiger partial charge in [-0.3, -0.25) is 10.3 Å². The molecule has 6 nitrogen and oxygen atoms in total. The normalized spacial score (nSPS) is 15.8. The summed E-state index contributed by atoms with van der Waals surface area (Å²) >= 11 is 0. The van der Waals surface area contributed by atoms with Crippen molar-refractivity contribution in [2.45, 2.75) is 13.3 Å². The van der Waals surface area contributed by atoms with Gasteiger partial charge in [-0.25, -0.2) is 23.7 Å². The molecule has 151 valence electrons. The van der Waals surface area contributed by atoms with Gasteiger partial charge in [0.05, 0.1) is 24.2 Å². The second-order valence-electron chi connectivity index (χ2n) is 6.31. The van der Waals surface area contributed by atoms with Gasteiger partial charge in [-0.2, -0.15) is 6.92 Å². The first-order valence-electron chi connectivity index (χ1n) is 8.34. The van der Waals surface area contributed by atoms with E-state index in [1.54, 1.807) is 28.9 Å². The number of nitrogens with zero attached hydrogens (tertiary/aromatic N) is 5. The molecule has 0 spiro atoms. The predicted octanol–water partition coefficient (Wildman–Crippen LogP) is 3.16. The van der Waals surface area contributed by atoms with E-state index in [1.165, 1.54) is 18.2 Å². The number of imidazole rings is 1. The van der Waals surface area contributed by atoms with E-state index >= 15 is 0 Å². The Morgan fingerprint density at radius 2 is 2.07 bits per heavy atom. The fourth-order valence-corrected chi connectivity index (χ4v) is 3.00. The molecule has 0 aromatic carbocycles. The summed E-state index contributed by atoms with van der Waals surface area (Å²) in [5, 5.41) is 0. The van der Waals surface area contributed by atoms with Crippen LogP contribution in [0.4, 0.5) is 14.7 Å². The van der Waals surface area contributed by atoms with Crippen LogP contribution in [-0.4, -0.2) is 45.7 Å². The van der Waals surface area contributed by atoms with Crippen LogP contribution in [0.25, 0.3) is 17.0 Å². The zero-order chi connectivity index (χ0) is 18.1. The van der Waals surface area contributed by atoms with Gasteiger partial charge in [0, 0.05) is 24.5 Å². The quantitative estimate of drug-likeness (QED) is 0.422. The maximum Gasteiger partial charge on any atom is 0.265 e. The Balaban J connectivity index is 0.00000210. The standard InChI is InChI=1S/C18H18F2N5O.Lr/c1-12-9-24(6-7-26-11-12)18-21-5-4-14(23-18)15-8-22-16-3-2-13(17(19)20)10-25(15)16;/h2-5,8,10,17H,6-7,9,11H2,1H3;/q-1;. The summed E-state index contributed by atoms with van der Waals surface area (Å²) in [6.07, 6.45) is 2.18. The van der Waals surface area contributed by atoms with Gasteiger partial charge in [-0.15, -0.1) is 0 Å². The molecule has 0 bridgehead atoms. The van der Waals surface area contributed by atoms with E-state index in [0.29, 0.717) is 42.7 Å². The van der Waals surface area contributed by atoms with E-state index < -0.39 is 6.43 Å². The molecule has 4 rings (SSSR count). The molecule has 1 saturated heterocycles. The zero-order valence-electron chi connectivity index (χ0n) is 14.5. The van der Waals surface area contributed by atoms with Gasteiger partial charge in [0.25, 0.3) is 6.43 Å². The monoisotopic (exact) mass is 620 g/mol. The molecular formula is C18H18F2LrN5O-. The molecular weight excluding hydrogens is 602 g/mol. The third kappa shape index (κ3) is 3.52. The molecule has 0 amide bonds. The maximum absolute atomic E-state index is 13.0. The van der Waals surface area contributed by atoms with Crippen molar-refractivity contribution in [2.24, 2.45) is 0 Å². The average Bonchev–Trinajstić information content (AvgIpc) is 2.95. The second kappa shape index (κ2) is 7.33. The number of pyridine rings is 1. The molecule has 1 aliphatic heterocycles. The third-order valence-electron chi connectivity index (χ3n) is 4.28. The molecule has 0 saturated carbocycles. The van der Waals surface area contributed by atoms with Gasteiger partial charge in [-0.1, -0.05) is 13.2 Å². The van der Waals surface area contributed by atoms with Crippen LogP contribution in [0.1, 0.15) is 18.9 Å². The number of halogens is 2. The molecule has 1 radical (unpaired) electrons. The van der Waals surface area contributed by atoms with E-state index in [9.17, 15) is 8.78 Å². The SMILES string of the molecule is C[C-]1COCCN(c2nccc(-c3cnc4ccc(C(F)F)cn34)n2)C1.[Lr]. The van der Waals surface area contributed by atoms with Gasteiger partial charge in [-0.05, 0) is 18.2 Å². The number of hydrogen-bond donors (Lipinski definition) is 0. The molecule has 9 heteroatoms. The summed E-state index contributed by atoms with van der Waals surface area (Å²) in [6.45, 7) is 4.71. The van der Waals surface area contributed by atoms with Crippen molar-refractivity contribution in [1.29, 1.82) is 0 Å². The maximum atomic E-state index is 13.0. The van der Waals surface area contributed by atoms with Crippen LogP contribution in [0.3, 0.4) is 0 Å². The van der Waals surface area contributed by atoms with Crippen LogP contribution < -0.4 is 4.90 Å². The molecule has 0 aliphatic carbocycles. The Bertz CT molecular complexity index is 920. The number of anilines is 1. The Morgan fingerprint density at radius 1 is 1.22 bits per heavy atom. The van der Waals surface area contributed by atoms with E-state index in [2.05, 4.69) is 19.9 Å². The third-order valence-corrected chi connectivity index (χ3v) is 4.28. The molecule has 3 aromatic heterocycles. The number of ether oxygens (including phenoxy) is 1. The molecule has 0 N–H and O–H groups in total. The largest absolute Gasteiger partial charge is 0.411 e. The topological polar surface area (TPSA) is 55.5 Å². The minimum Gasteiger partial charge on any atom is -0.411 e. The summed E-state index contributed by atoms with van der Waals surface area (Å²) in [7, 11) is 0. The molecule has 0 unspecified atom stereocenters. The number of alkyl halides is 2. The first-order chi connectivity index (χ1) is 12.6. The first-order valence-corrected chi connectivity index (χ1v) is 8.34. The Kier molecular flexibility index (Phi) is 4.94. The van der Waals surface area contributed by atoms with E-state index in [-0.39, 0.29) is 5.56 Å². The van der Waals surface area contributed by atoms with Crippen molar-refractivity contribution in [1.82, 2.24) is 19.4 Å². The molecule has 27 heavy (non-hydrogen) atoms. The summed E-state index contributed by atoms with van der Waals surface area (Å²) in [6, 6.07) is 4.72. The fraction of sp³-hybridized carbons (Fsp3) is 0.333. The van der Waals surface area contributed by atoms with Gasteiger partial charge in [0.1, 0.15) is 5.65 Å². The van der Waals surface area contributed by atoms with Crippen LogP contribution in [0.15, 0.2) is 36.8 Å². The fourth-order valence-electron chi connectivity index (χ4n) is 3.00. The second-order valence-corrected chi connectivity index (χ2v) is 6.31. The van der Waals surface area contributed by atoms with Crippen LogP contribution in [0.5, 0.6) is 0 Å². The molecule has 1 fully saturated rings. The number of fused-ring (bicyclic) bond motifs is 1. The van der Waals surface area contributed by atoms with Crippen molar-refractivity contribution in [3.05, 3.63) is 48.3 Å². The Labute approximate surface area is 149 Å². The van der Waals surface area contributed by atoms with E-state index in [4.69, 9.17) is 4.74 Å². The Morgan fingerprint density at radius 3 is 2.89 bits per heavy atom. The van der Waals surface area contributed by atoms with Gasteiger partial charge < -0.3 is 9.64 Å². The Hall–Kier alpha value is -3.61. The smallest absolute Gasteiger partial charge is 0.265 e. The predicted molar refractivity (Wildman–Crippen MR) is 93.1 cm³/mol. The van der Waals surface area contributed by atoms with Crippen LogP contribution >= 0.6 is 0 Å². The minimum absolute atomic E-state index is 0. The number of rotatable bonds is 3. The summed E-state index contributed by atoms with van der Waals surface area (Å²) in [5.41, 5.74) is 1.83. The molecule has 3 aromatic rings. The van der Waals surface area contributed by atoms with Crippen LogP contribution in [-0.2, 0) is 4.74 Å². The van der Waals surface area contributed by atoms with Crippen molar-refractivity contribution < 1.29 is 13.5 Å². The van der Waals surface area contributed by atoms with Crippen molar-refractivity contribution in [3.8, 4) is 11.4 Å². The van der Waals surface area contributed by atoms with Crippen LogP contribution in [0, 0.1) is 5.92 Å². The number of aromatic nitrogens is 4. The summed E-state index contributed by atoms with van der Waals surface area (Å²) < 4.78 is 33.2. The van der Waals surface area contributed by atoms with Crippen molar-refractivity contribution in [2.75, 3.05) is 31.2 Å². The zero-order valence-corrected chi connectivity index (χ0v) is 16.7. The van der Waals surface area contributed by atoms with Crippen molar-refractivity contribution >= 4 is 11.6 Å². The summed E-state index contributed by atoms with van der Waals surface area (Å²) in [5.74, 6) is 1.79. The first kappa shape index (κ1) is 18.2. The minimum atomic E-state index is -2.54. The molecule has 0 atom stereocenters. The van der Waals surface area contributed by atoms with Gasteiger partial charge in [0.2, 0.25) is 5.95 Å². The number of hydrogen-bond acceptors (Lipinski definition) is 5. The summed E-state index contributed by atoms with van der Waals surface area (Å²) in [4.78, 5) is 15.3. The average molecular weight is 620 g/mol. The molecule has 1 aliphatic rings. The van der Waals surface area contributed by atoms with E-state index in [1.807, 2.05) is 6.92 Å². The van der Waals surface area contributed by atoms with Gasteiger partial charge in [0.15, 0.2) is 0 Å². The van der Waals surface area contributed by atoms with Gasteiger partial charge >= 0.3 is 0 Å². The van der Waals surface area contributed by atoms with Crippen molar-refractivity contribution in [3.63, 3.8) is 0 Å². The van der Waals surface area contributed by atoms with Crippen LogP contribution in [0.2, 0.25) is 0 Å². The molecule has 4 heterocycles. The van der Waals surface area contributed by atoms with E-state index in [0.717, 1.165) is 6.54 Å².